The maximum Gasteiger partial charge on any atom is 0.0874 e. The van der Waals surface area contributed by atoms with Gasteiger partial charge in [-0.1, -0.05) is 39.5 Å². The van der Waals surface area contributed by atoms with E-state index in [1.54, 1.807) is 0 Å². The Morgan fingerprint density at radius 1 is 1.00 bits per heavy atom. The third-order valence-corrected chi connectivity index (χ3v) is 3.97. The van der Waals surface area contributed by atoms with Crippen LogP contribution in [0.3, 0.4) is 0 Å². The molecule has 16 heavy (non-hydrogen) atoms. The van der Waals surface area contributed by atoms with Crippen molar-refractivity contribution >= 4 is 0 Å². The van der Waals surface area contributed by atoms with Gasteiger partial charge in [-0.05, 0) is 19.3 Å². The minimum absolute atomic E-state index is 0. The number of hydrogen-bond acceptors (Lipinski definition) is 0. The van der Waals surface area contributed by atoms with Gasteiger partial charge in [0.05, 0.1) is 19.1 Å². The Bertz CT molecular complexity index is 150. The number of hydrogen-bond donors (Lipinski definition) is 1. The molecule has 1 aliphatic rings. The van der Waals surface area contributed by atoms with E-state index in [0.29, 0.717) is 0 Å². The van der Waals surface area contributed by atoms with Crippen LogP contribution in [-0.4, -0.2) is 19.1 Å². The molecule has 0 amide bonds. The summed E-state index contributed by atoms with van der Waals surface area (Å²) in [6.07, 6.45) is 13.0. The fourth-order valence-electron chi connectivity index (χ4n) is 2.94. The monoisotopic (exact) mass is 231 g/mol. The molecule has 0 aromatic carbocycles. The average Bonchev–Trinajstić information content (AvgIpc) is 2.70. The molecule has 1 aliphatic heterocycles. The lowest BCUT2D eigenvalue weighted by Crippen LogP contribution is -3.13. The average molecular weight is 231 g/mol. The first-order valence-electron chi connectivity index (χ1n) is 7.23. The molecule has 1 rings (SSSR count). The summed E-state index contributed by atoms with van der Waals surface area (Å²) >= 11 is 0. The summed E-state index contributed by atoms with van der Waals surface area (Å²) < 4.78 is 0. The predicted molar refractivity (Wildman–Crippen MR) is 67.4 cm³/mol. The summed E-state index contributed by atoms with van der Waals surface area (Å²) in [5.74, 6) is 0. The van der Waals surface area contributed by atoms with Crippen molar-refractivity contribution in [1.82, 2.24) is 0 Å². The van der Waals surface area contributed by atoms with Crippen molar-refractivity contribution < 1.29 is 9.60 Å². The molecule has 2 heteroatoms. The third-order valence-electron chi connectivity index (χ3n) is 3.97. The van der Waals surface area contributed by atoms with E-state index in [1.807, 2.05) is 4.90 Å². The quantitative estimate of drug-likeness (QED) is 0.552. The summed E-state index contributed by atoms with van der Waals surface area (Å²) in [5.41, 5.74) is 0. The number of unbranched alkanes of at least 4 members (excludes halogenated alkanes) is 5. The maximum atomic E-state index is 2.36. The van der Waals surface area contributed by atoms with E-state index in [9.17, 15) is 0 Å². The molecule has 1 heterocycles. The lowest BCUT2D eigenvalue weighted by Gasteiger charge is -2.20. The first-order valence-corrected chi connectivity index (χ1v) is 7.23. The maximum absolute atomic E-state index is 2.36. The molecule has 0 aromatic rings. The standard InChI is InChI=1S/C14H29N.FH/c1-3-5-6-7-8-9-12-15-13-10-11-14(15)4-2;/h14H,3-13H2,1-2H3;1H. The number of quaternary nitrogens is 1. The van der Waals surface area contributed by atoms with Crippen molar-refractivity contribution in [1.29, 1.82) is 0 Å². The zero-order chi connectivity index (χ0) is 10.9. The summed E-state index contributed by atoms with van der Waals surface area (Å²) in [6.45, 7) is 7.55. The first-order chi connectivity index (χ1) is 7.38. The molecule has 2 atom stereocenters. The van der Waals surface area contributed by atoms with Gasteiger partial charge in [-0.25, -0.2) is 0 Å². The highest BCUT2D eigenvalue weighted by Gasteiger charge is 2.25. The Morgan fingerprint density at radius 3 is 2.38 bits per heavy atom. The van der Waals surface area contributed by atoms with E-state index in [2.05, 4.69) is 13.8 Å². The molecule has 1 nitrogen and oxygen atoms in total. The highest BCUT2D eigenvalue weighted by molar-refractivity contribution is 4.60. The van der Waals surface area contributed by atoms with Gasteiger partial charge in [0.1, 0.15) is 0 Å². The Morgan fingerprint density at radius 2 is 1.69 bits per heavy atom. The van der Waals surface area contributed by atoms with Gasteiger partial charge < -0.3 is 9.60 Å². The molecular formula is C14H30FN. The second-order valence-electron chi connectivity index (χ2n) is 5.17. The second-order valence-corrected chi connectivity index (χ2v) is 5.17. The van der Waals surface area contributed by atoms with Crippen molar-refractivity contribution in [2.75, 3.05) is 13.1 Å². The van der Waals surface area contributed by atoms with E-state index >= 15 is 0 Å². The minimum atomic E-state index is 0. The van der Waals surface area contributed by atoms with Crippen LogP contribution < -0.4 is 9.60 Å². The van der Waals surface area contributed by atoms with Crippen LogP contribution in [0.15, 0.2) is 0 Å². The molecule has 2 unspecified atom stereocenters. The van der Waals surface area contributed by atoms with Gasteiger partial charge in [0, 0.05) is 12.8 Å². The van der Waals surface area contributed by atoms with Gasteiger partial charge in [-0.2, -0.15) is 0 Å². The number of rotatable bonds is 8. The van der Waals surface area contributed by atoms with Crippen LogP contribution in [-0.2, 0) is 0 Å². The molecule has 0 aliphatic carbocycles. The predicted octanol–water partition coefficient (Wildman–Crippen LogP) is -0.192. The Hall–Kier alpha value is -0.110. The van der Waals surface area contributed by atoms with Crippen molar-refractivity contribution in [3.05, 3.63) is 0 Å². The molecule has 1 saturated heterocycles. The second kappa shape index (κ2) is 10.1. The summed E-state index contributed by atoms with van der Waals surface area (Å²) in [7, 11) is 0. The van der Waals surface area contributed by atoms with Gasteiger partial charge in [0.2, 0.25) is 0 Å². The van der Waals surface area contributed by atoms with Crippen LogP contribution in [0.2, 0.25) is 0 Å². The van der Waals surface area contributed by atoms with Crippen LogP contribution in [0, 0.1) is 0 Å². The normalized spacial score (nSPS) is 24.4. The molecule has 0 saturated carbocycles. The van der Waals surface area contributed by atoms with Crippen LogP contribution in [0.25, 0.3) is 0 Å². The van der Waals surface area contributed by atoms with Gasteiger partial charge in [-0.3, -0.25) is 0 Å². The van der Waals surface area contributed by atoms with Gasteiger partial charge in [0.25, 0.3) is 0 Å². The number of halogens is 1. The van der Waals surface area contributed by atoms with Gasteiger partial charge >= 0.3 is 0 Å². The van der Waals surface area contributed by atoms with Crippen LogP contribution >= 0.6 is 0 Å². The fourth-order valence-corrected chi connectivity index (χ4v) is 2.94. The first kappa shape index (κ1) is 15.9. The summed E-state index contributed by atoms with van der Waals surface area (Å²) in [6, 6.07) is 1.00. The molecule has 0 spiro atoms. The van der Waals surface area contributed by atoms with Gasteiger partial charge in [-0.15, -0.1) is 0 Å². The number of nitrogens with one attached hydrogen (secondary N) is 1. The zero-order valence-corrected chi connectivity index (χ0v) is 11.2. The lowest BCUT2D eigenvalue weighted by molar-refractivity contribution is -0.912. The SMILES string of the molecule is CCCCCCCC[NH+]1CCCC1CC.[F-]. The van der Waals surface area contributed by atoms with E-state index in [1.165, 1.54) is 70.9 Å². The molecule has 0 aromatic heterocycles. The Balaban J connectivity index is 0.00000225. The van der Waals surface area contributed by atoms with Crippen LogP contribution in [0.1, 0.15) is 71.6 Å². The summed E-state index contributed by atoms with van der Waals surface area (Å²) in [4.78, 5) is 1.91. The molecule has 0 bridgehead atoms. The molecule has 98 valence electrons. The smallest absolute Gasteiger partial charge is 0.0874 e. The molecule has 1 fully saturated rings. The number of likely N-dealkylation sites (tertiary alicyclic amines) is 1. The minimum Gasteiger partial charge on any atom is -1.00 e. The van der Waals surface area contributed by atoms with Crippen LogP contribution in [0.4, 0.5) is 0 Å². The highest BCUT2D eigenvalue weighted by atomic mass is 19.0. The van der Waals surface area contributed by atoms with E-state index < -0.39 is 0 Å². The topological polar surface area (TPSA) is 4.44 Å². The van der Waals surface area contributed by atoms with E-state index in [0.717, 1.165) is 6.04 Å². The molecule has 1 N–H and O–H groups in total. The van der Waals surface area contributed by atoms with Crippen molar-refractivity contribution in [3.63, 3.8) is 0 Å². The largest absolute Gasteiger partial charge is 1.00 e. The fraction of sp³-hybridized carbons (Fsp3) is 1.00. The van der Waals surface area contributed by atoms with Crippen molar-refractivity contribution in [3.8, 4) is 0 Å². The van der Waals surface area contributed by atoms with Crippen molar-refractivity contribution in [2.24, 2.45) is 0 Å². The zero-order valence-electron chi connectivity index (χ0n) is 11.2. The van der Waals surface area contributed by atoms with Crippen LogP contribution in [0.5, 0.6) is 0 Å². The van der Waals surface area contributed by atoms with E-state index in [4.69, 9.17) is 0 Å². The van der Waals surface area contributed by atoms with Gasteiger partial charge in [0.15, 0.2) is 0 Å². The molecular weight excluding hydrogens is 201 g/mol. The highest BCUT2D eigenvalue weighted by Crippen LogP contribution is 2.06. The lowest BCUT2D eigenvalue weighted by atomic mass is 10.1. The Labute approximate surface area is 101 Å². The van der Waals surface area contributed by atoms with E-state index in [-0.39, 0.29) is 4.70 Å². The van der Waals surface area contributed by atoms with Crippen molar-refractivity contribution in [2.45, 2.75) is 77.7 Å². The Kier molecular flexibility index (Phi) is 10.0. The summed E-state index contributed by atoms with van der Waals surface area (Å²) in [5, 5.41) is 0. The third kappa shape index (κ3) is 5.83. The molecule has 0 radical (unpaired) electrons.